The highest BCUT2D eigenvalue weighted by Gasteiger charge is 2.50. The average molecular weight is 551 g/mol. The fourth-order valence-corrected chi connectivity index (χ4v) is 4.04. The third kappa shape index (κ3) is 6.98. The Labute approximate surface area is 228 Å². The van der Waals surface area contributed by atoms with E-state index in [1.165, 1.54) is 43.3 Å². The van der Waals surface area contributed by atoms with Gasteiger partial charge in [0.2, 0.25) is 12.2 Å². The van der Waals surface area contributed by atoms with Crippen LogP contribution in [0.5, 0.6) is 5.75 Å². The number of nitrogens with zero attached hydrogens (tertiary/aromatic N) is 1. The molecule has 0 radical (unpaired) electrons. The number of carbonyl (C=O) groups is 3. The number of benzene rings is 3. The minimum atomic E-state index is -1.55. The van der Waals surface area contributed by atoms with E-state index < -0.39 is 60.0 Å². The first-order chi connectivity index (χ1) is 19.2. The van der Waals surface area contributed by atoms with E-state index in [2.05, 4.69) is 5.32 Å². The van der Waals surface area contributed by atoms with Crippen molar-refractivity contribution < 1.29 is 43.4 Å². The zero-order valence-electron chi connectivity index (χ0n) is 21.2. The Morgan fingerprint density at radius 1 is 0.925 bits per heavy atom. The summed E-state index contributed by atoms with van der Waals surface area (Å²) >= 11 is 0. The van der Waals surface area contributed by atoms with Crippen LogP contribution in [0.3, 0.4) is 0 Å². The molecule has 12 nitrogen and oxygen atoms in total. The predicted octanol–water partition coefficient (Wildman–Crippen LogP) is 2.65. The number of hydrogen-bond donors (Lipinski definition) is 2. The summed E-state index contributed by atoms with van der Waals surface area (Å²) in [7, 11) is 0. The number of amides is 1. The maximum atomic E-state index is 12.9. The molecular weight excluding hydrogens is 524 g/mol. The number of nitro groups is 1. The SMILES string of the molecule is CC(=O)N[C@H]1[C@H](Oc2ccc([N+](=O)[O-])cc2)O[C@H](COC(=O)c2ccccc2)[C@@H](O)[C@@H]1OC(=O)c1ccccc1. The van der Waals surface area contributed by atoms with Gasteiger partial charge in [-0.1, -0.05) is 36.4 Å². The van der Waals surface area contributed by atoms with E-state index >= 15 is 0 Å². The molecule has 12 heteroatoms. The molecule has 0 unspecified atom stereocenters. The molecule has 208 valence electrons. The van der Waals surface area contributed by atoms with Gasteiger partial charge in [0.05, 0.1) is 16.1 Å². The molecule has 1 fully saturated rings. The summed E-state index contributed by atoms with van der Waals surface area (Å²) in [6.45, 7) is 0.778. The zero-order valence-corrected chi connectivity index (χ0v) is 21.2. The zero-order chi connectivity index (χ0) is 28.6. The summed E-state index contributed by atoms with van der Waals surface area (Å²) in [5, 5.41) is 24.8. The number of hydrogen-bond acceptors (Lipinski definition) is 10. The second-order valence-electron chi connectivity index (χ2n) is 8.83. The number of nitrogens with one attached hydrogen (secondary N) is 1. The summed E-state index contributed by atoms with van der Waals surface area (Å²) in [5.41, 5.74) is 0.295. The van der Waals surface area contributed by atoms with Crippen molar-refractivity contribution in [3.8, 4) is 5.75 Å². The molecule has 0 aliphatic carbocycles. The molecule has 3 aromatic rings. The van der Waals surface area contributed by atoms with Crippen LogP contribution in [0.25, 0.3) is 0 Å². The van der Waals surface area contributed by atoms with E-state index in [4.69, 9.17) is 18.9 Å². The number of carbonyl (C=O) groups excluding carboxylic acids is 3. The van der Waals surface area contributed by atoms with Crippen LogP contribution in [0.4, 0.5) is 5.69 Å². The molecule has 1 aliphatic heterocycles. The van der Waals surface area contributed by atoms with Crippen molar-refractivity contribution in [2.45, 2.75) is 37.6 Å². The topological polar surface area (TPSA) is 164 Å². The lowest BCUT2D eigenvalue weighted by Gasteiger charge is -2.43. The second-order valence-corrected chi connectivity index (χ2v) is 8.83. The van der Waals surface area contributed by atoms with Gasteiger partial charge in [-0.15, -0.1) is 0 Å². The summed E-state index contributed by atoms with van der Waals surface area (Å²) in [6.07, 6.45) is -5.55. The number of nitro benzene ring substituents is 1. The van der Waals surface area contributed by atoms with Gasteiger partial charge in [0.1, 0.15) is 30.6 Å². The van der Waals surface area contributed by atoms with E-state index in [0.29, 0.717) is 0 Å². The van der Waals surface area contributed by atoms with Crippen LogP contribution in [0.15, 0.2) is 84.9 Å². The molecule has 2 N–H and O–H groups in total. The lowest BCUT2D eigenvalue weighted by Crippen LogP contribution is -2.66. The van der Waals surface area contributed by atoms with Crippen molar-refractivity contribution in [1.29, 1.82) is 0 Å². The van der Waals surface area contributed by atoms with Gasteiger partial charge in [-0.05, 0) is 36.4 Å². The molecule has 1 amide bonds. The van der Waals surface area contributed by atoms with Gasteiger partial charge in [0.25, 0.3) is 5.69 Å². The first-order valence-electron chi connectivity index (χ1n) is 12.2. The Kier molecular flexibility index (Phi) is 9.04. The fraction of sp³-hybridized carbons (Fsp3) is 0.250. The van der Waals surface area contributed by atoms with E-state index in [1.54, 1.807) is 48.5 Å². The maximum absolute atomic E-state index is 12.9. The van der Waals surface area contributed by atoms with Crippen LogP contribution in [-0.4, -0.2) is 65.1 Å². The summed E-state index contributed by atoms with van der Waals surface area (Å²) in [6, 6.07) is 20.1. The number of aliphatic hydroxyl groups excluding tert-OH is 1. The lowest BCUT2D eigenvalue weighted by molar-refractivity contribution is -0.384. The Morgan fingerprint density at radius 3 is 2.05 bits per heavy atom. The molecule has 1 aliphatic rings. The van der Waals surface area contributed by atoms with E-state index in [-0.39, 0.29) is 22.6 Å². The summed E-state index contributed by atoms with van der Waals surface area (Å²) in [4.78, 5) is 48.0. The Hall–Kier alpha value is -4.81. The number of non-ortho nitro benzene ring substituents is 1. The number of aliphatic hydroxyl groups is 1. The fourth-order valence-electron chi connectivity index (χ4n) is 4.04. The number of esters is 2. The van der Waals surface area contributed by atoms with Gasteiger partial charge in [-0.25, -0.2) is 9.59 Å². The Balaban J connectivity index is 1.61. The van der Waals surface area contributed by atoms with Crippen molar-refractivity contribution in [2.24, 2.45) is 0 Å². The van der Waals surface area contributed by atoms with Crippen LogP contribution in [-0.2, 0) is 19.0 Å². The molecule has 40 heavy (non-hydrogen) atoms. The molecule has 1 saturated heterocycles. The van der Waals surface area contributed by atoms with Crippen LogP contribution >= 0.6 is 0 Å². The van der Waals surface area contributed by atoms with E-state index in [9.17, 15) is 29.6 Å². The molecular formula is C28H26N2O10. The van der Waals surface area contributed by atoms with Crippen molar-refractivity contribution in [3.05, 3.63) is 106 Å². The molecule has 0 spiro atoms. The Bertz CT molecular complexity index is 1330. The number of ether oxygens (including phenoxy) is 4. The van der Waals surface area contributed by atoms with Gasteiger partial charge in [-0.3, -0.25) is 14.9 Å². The van der Waals surface area contributed by atoms with Crippen LogP contribution in [0, 0.1) is 10.1 Å². The Morgan fingerprint density at radius 2 is 1.50 bits per heavy atom. The molecule has 3 aromatic carbocycles. The predicted molar refractivity (Wildman–Crippen MR) is 138 cm³/mol. The quantitative estimate of drug-likeness (QED) is 0.230. The standard InChI is InChI=1S/C28H26N2O10/c1-17(31)29-23-25(40-27(34)19-10-6-3-7-11-19)24(32)22(16-37-26(33)18-8-4-2-5-9-18)39-28(23)38-21-14-12-20(13-15-21)30(35)36/h2-15,22-25,28,32H,16H2,1H3,(H,29,31)/t22-,23-,24-,25-,28-/m1/s1. The van der Waals surface area contributed by atoms with Gasteiger partial charge in [0, 0.05) is 19.1 Å². The van der Waals surface area contributed by atoms with Gasteiger partial charge in [0.15, 0.2) is 6.10 Å². The molecule has 0 aromatic heterocycles. The van der Waals surface area contributed by atoms with E-state index in [1.807, 2.05) is 0 Å². The lowest BCUT2D eigenvalue weighted by atomic mass is 9.96. The second kappa shape index (κ2) is 12.8. The minimum Gasteiger partial charge on any atom is -0.463 e. The summed E-state index contributed by atoms with van der Waals surface area (Å²) < 4.78 is 22.8. The van der Waals surface area contributed by atoms with Crippen LogP contribution < -0.4 is 10.1 Å². The monoisotopic (exact) mass is 550 g/mol. The third-order valence-electron chi connectivity index (χ3n) is 5.98. The van der Waals surface area contributed by atoms with Gasteiger partial charge >= 0.3 is 11.9 Å². The molecule has 1 heterocycles. The van der Waals surface area contributed by atoms with Gasteiger partial charge in [-0.2, -0.15) is 0 Å². The first kappa shape index (κ1) is 28.2. The van der Waals surface area contributed by atoms with Crippen LogP contribution in [0.1, 0.15) is 27.6 Å². The van der Waals surface area contributed by atoms with Crippen molar-refractivity contribution in [1.82, 2.24) is 5.32 Å². The highest BCUT2D eigenvalue weighted by atomic mass is 16.7. The summed E-state index contributed by atoms with van der Waals surface area (Å²) in [5.74, 6) is -1.86. The van der Waals surface area contributed by atoms with Crippen LogP contribution in [0.2, 0.25) is 0 Å². The third-order valence-corrected chi connectivity index (χ3v) is 5.98. The smallest absolute Gasteiger partial charge is 0.338 e. The highest BCUT2D eigenvalue weighted by Crippen LogP contribution is 2.28. The maximum Gasteiger partial charge on any atom is 0.338 e. The van der Waals surface area contributed by atoms with Gasteiger partial charge < -0.3 is 29.4 Å². The van der Waals surface area contributed by atoms with E-state index in [0.717, 1.165) is 0 Å². The average Bonchev–Trinajstić information content (AvgIpc) is 2.96. The molecule has 5 atom stereocenters. The largest absolute Gasteiger partial charge is 0.463 e. The van der Waals surface area contributed by atoms with Crippen molar-refractivity contribution in [3.63, 3.8) is 0 Å². The first-order valence-corrected chi connectivity index (χ1v) is 12.2. The normalized spacial score (nSPS) is 22.0. The molecule has 4 rings (SSSR count). The number of rotatable bonds is 9. The minimum absolute atomic E-state index is 0.135. The molecule has 0 saturated carbocycles. The molecule has 0 bridgehead atoms. The van der Waals surface area contributed by atoms with Crippen molar-refractivity contribution >= 4 is 23.5 Å². The van der Waals surface area contributed by atoms with Crippen molar-refractivity contribution in [2.75, 3.05) is 6.61 Å². The highest BCUT2D eigenvalue weighted by molar-refractivity contribution is 5.90.